The number of anilines is 1. The Balaban J connectivity index is 3.29. The standard InChI is InChI=1S/C10H13BrN2O/c1-13(2)8-5-3-4-7(11)10(8)9(14)6-12/h3-5H,6,12H2,1-2H3. The van der Waals surface area contributed by atoms with Crippen LogP contribution in [-0.2, 0) is 0 Å². The van der Waals surface area contributed by atoms with Crippen LogP contribution in [0.5, 0.6) is 0 Å². The molecule has 0 atom stereocenters. The zero-order valence-corrected chi connectivity index (χ0v) is 9.84. The Bertz CT molecular complexity index is 350. The normalized spacial score (nSPS) is 10.0. The van der Waals surface area contributed by atoms with Gasteiger partial charge in [0, 0.05) is 24.3 Å². The fourth-order valence-corrected chi connectivity index (χ4v) is 1.84. The number of halogens is 1. The van der Waals surface area contributed by atoms with Crippen molar-refractivity contribution >= 4 is 27.4 Å². The SMILES string of the molecule is CN(C)c1cccc(Br)c1C(=O)CN. The molecule has 1 rings (SSSR count). The molecule has 2 N–H and O–H groups in total. The number of nitrogens with zero attached hydrogens (tertiary/aromatic N) is 1. The minimum atomic E-state index is -0.0545. The van der Waals surface area contributed by atoms with E-state index in [1.54, 1.807) is 0 Å². The van der Waals surface area contributed by atoms with E-state index in [2.05, 4.69) is 15.9 Å². The van der Waals surface area contributed by atoms with Gasteiger partial charge >= 0.3 is 0 Å². The summed E-state index contributed by atoms with van der Waals surface area (Å²) in [5.41, 5.74) is 6.89. The molecular weight excluding hydrogens is 244 g/mol. The van der Waals surface area contributed by atoms with Crippen molar-refractivity contribution in [1.82, 2.24) is 0 Å². The van der Waals surface area contributed by atoms with Crippen LogP contribution in [0, 0.1) is 0 Å². The van der Waals surface area contributed by atoms with Crippen LogP contribution in [0.1, 0.15) is 10.4 Å². The summed E-state index contributed by atoms with van der Waals surface area (Å²) in [5.74, 6) is -0.0545. The largest absolute Gasteiger partial charge is 0.377 e. The lowest BCUT2D eigenvalue weighted by atomic mass is 10.1. The molecule has 0 saturated carbocycles. The van der Waals surface area contributed by atoms with E-state index in [0.29, 0.717) is 5.56 Å². The third kappa shape index (κ3) is 2.13. The van der Waals surface area contributed by atoms with E-state index in [4.69, 9.17) is 5.73 Å². The van der Waals surface area contributed by atoms with Crippen LogP contribution in [0.4, 0.5) is 5.69 Å². The highest BCUT2D eigenvalue weighted by molar-refractivity contribution is 9.10. The lowest BCUT2D eigenvalue weighted by Gasteiger charge is -2.17. The Morgan fingerprint density at radius 2 is 2.14 bits per heavy atom. The van der Waals surface area contributed by atoms with E-state index in [1.807, 2.05) is 37.2 Å². The van der Waals surface area contributed by atoms with Gasteiger partial charge in [-0.05, 0) is 28.1 Å². The van der Waals surface area contributed by atoms with Gasteiger partial charge in [0.05, 0.1) is 12.1 Å². The predicted molar refractivity (Wildman–Crippen MR) is 61.9 cm³/mol. The molecule has 0 aliphatic heterocycles. The summed E-state index contributed by atoms with van der Waals surface area (Å²) in [6, 6.07) is 5.64. The van der Waals surface area contributed by atoms with Crippen molar-refractivity contribution < 1.29 is 4.79 Å². The fourth-order valence-electron chi connectivity index (χ4n) is 1.26. The van der Waals surface area contributed by atoms with Gasteiger partial charge in [0.15, 0.2) is 5.78 Å². The number of ketones is 1. The van der Waals surface area contributed by atoms with Crippen molar-refractivity contribution in [3.05, 3.63) is 28.2 Å². The molecule has 76 valence electrons. The first kappa shape index (κ1) is 11.2. The van der Waals surface area contributed by atoms with Crippen LogP contribution in [0.2, 0.25) is 0 Å². The average Bonchev–Trinajstić information content (AvgIpc) is 2.16. The number of benzene rings is 1. The molecule has 0 aliphatic rings. The second-order valence-corrected chi connectivity index (χ2v) is 4.01. The van der Waals surface area contributed by atoms with Crippen LogP contribution in [0.3, 0.4) is 0 Å². The highest BCUT2D eigenvalue weighted by Gasteiger charge is 2.14. The molecule has 0 bridgehead atoms. The number of hydrogen-bond donors (Lipinski definition) is 1. The lowest BCUT2D eigenvalue weighted by molar-refractivity contribution is 0.100. The van der Waals surface area contributed by atoms with Crippen LogP contribution >= 0.6 is 15.9 Å². The third-order valence-electron chi connectivity index (χ3n) is 1.94. The van der Waals surface area contributed by atoms with Gasteiger partial charge in [-0.15, -0.1) is 0 Å². The van der Waals surface area contributed by atoms with E-state index < -0.39 is 0 Å². The van der Waals surface area contributed by atoms with Gasteiger partial charge in [-0.2, -0.15) is 0 Å². The van der Waals surface area contributed by atoms with Gasteiger partial charge in [-0.25, -0.2) is 0 Å². The first-order valence-corrected chi connectivity index (χ1v) is 5.06. The van der Waals surface area contributed by atoms with Crippen molar-refractivity contribution in [2.24, 2.45) is 5.73 Å². The molecule has 0 heterocycles. The van der Waals surface area contributed by atoms with Crippen LogP contribution < -0.4 is 10.6 Å². The number of nitrogens with two attached hydrogens (primary N) is 1. The van der Waals surface area contributed by atoms with E-state index in [9.17, 15) is 4.79 Å². The summed E-state index contributed by atoms with van der Waals surface area (Å²) < 4.78 is 0.791. The Morgan fingerprint density at radius 1 is 1.50 bits per heavy atom. The topological polar surface area (TPSA) is 46.3 Å². The van der Waals surface area contributed by atoms with E-state index in [0.717, 1.165) is 10.2 Å². The van der Waals surface area contributed by atoms with Gasteiger partial charge in [-0.1, -0.05) is 6.07 Å². The molecule has 0 fully saturated rings. The summed E-state index contributed by atoms with van der Waals surface area (Å²) in [6.07, 6.45) is 0. The average molecular weight is 257 g/mol. The number of carbonyl (C=O) groups is 1. The van der Waals surface area contributed by atoms with Crippen molar-refractivity contribution in [3.8, 4) is 0 Å². The van der Waals surface area contributed by atoms with Crippen LogP contribution in [0.25, 0.3) is 0 Å². The number of rotatable bonds is 3. The predicted octanol–water partition coefficient (Wildman–Crippen LogP) is 1.66. The molecule has 0 spiro atoms. The molecule has 0 amide bonds. The van der Waals surface area contributed by atoms with Gasteiger partial charge < -0.3 is 10.6 Å². The molecule has 0 saturated heterocycles. The molecule has 0 aromatic heterocycles. The second kappa shape index (κ2) is 4.57. The minimum absolute atomic E-state index is 0.0312. The molecule has 4 heteroatoms. The maximum atomic E-state index is 11.6. The molecule has 3 nitrogen and oxygen atoms in total. The number of carbonyl (C=O) groups excluding carboxylic acids is 1. The maximum Gasteiger partial charge on any atom is 0.179 e. The molecule has 1 aromatic carbocycles. The monoisotopic (exact) mass is 256 g/mol. The molecule has 0 aliphatic carbocycles. The van der Waals surface area contributed by atoms with Crippen molar-refractivity contribution in [2.45, 2.75) is 0 Å². The number of Topliss-reactive ketones (excluding diaryl/α,β-unsaturated/α-hetero) is 1. The molecule has 0 radical (unpaired) electrons. The van der Waals surface area contributed by atoms with Gasteiger partial charge in [0.2, 0.25) is 0 Å². The van der Waals surface area contributed by atoms with Crippen LogP contribution in [0.15, 0.2) is 22.7 Å². The first-order chi connectivity index (χ1) is 6.57. The lowest BCUT2D eigenvalue weighted by Crippen LogP contribution is -2.19. The Kier molecular flexibility index (Phi) is 3.66. The zero-order valence-electron chi connectivity index (χ0n) is 8.25. The minimum Gasteiger partial charge on any atom is -0.377 e. The highest BCUT2D eigenvalue weighted by atomic mass is 79.9. The number of hydrogen-bond acceptors (Lipinski definition) is 3. The third-order valence-corrected chi connectivity index (χ3v) is 2.60. The second-order valence-electron chi connectivity index (χ2n) is 3.16. The highest BCUT2D eigenvalue weighted by Crippen LogP contribution is 2.26. The van der Waals surface area contributed by atoms with E-state index in [-0.39, 0.29) is 12.3 Å². The van der Waals surface area contributed by atoms with Crippen molar-refractivity contribution in [1.29, 1.82) is 0 Å². The van der Waals surface area contributed by atoms with Crippen molar-refractivity contribution in [3.63, 3.8) is 0 Å². The van der Waals surface area contributed by atoms with Gasteiger partial charge in [-0.3, -0.25) is 4.79 Å². The summed E-state index contributed by atoms with van der Waals surface area (Å²) in [4.78, 5) is 13.5. The van der Waals surface area contributed by atoms with Gasteiger partial charge in [0.25, 0.3) is 0 Å². The summed E-state index contributed by atoms with van der Waals surface area (Å²) in [7, 11) is 3.80. The van der Waals surface area contributed by atoms with Crippen LogP contribution in [-0.4, -0.2) is 26.4 Å². The van der Waals surface area contributed by atoms with Crippen molar-refractivity contribution in [2.75, 3.05) is 25.5 Å². The smallest absolute Gasteiger partial charge is 0.179 e. The molecular formula is C10H13BrN2O. The Morgan fingerprint density at radius 3 is 2.64 bits per heavy atom. The summed E-state index contributed by atoms with van der Waals surface area (Å²) in [5, 5.41) is 0. The molecule has 0 unspecified atom stereocenters. The molecule has 14 heavy (non-hydrogen) atoms. The maximum absolute atomic E-state index is 11.6. The van der Waals surface area contributed by atoms with E-state index >= 15 is 0 Å². The molecule has 1 aromatic rings. The van der Waals surface area contributed by atoms with E-state index in [1.165, 1.54) is 0 Å². The Hall–Kier alpha value is -0.870. The summed E-state index contributed by atoms with van der Waals surface area (Å²) in [6.45, 7) is 0.0312. The summed E-state index contributed by atoms with van der Waals surface area (Å²) >= 11 is 3.35. The zero-order chi connectivity index (χ0) is 10.7. The van der Waals surface area contributed by atoms with Gasteiger partial charge in [0.1, 0.15) is 0 Å². The first-order valence-electron chi connectivity index (χ1n) is 4.27. The fraction of sp³-hybridized carbons (Fsp3) is 0.300. The quantitative estimate of drug-likeness (QED) is 0.837. The Labute approximate surface area is 92.0 Å².